The highest BCUT2D eigenvalue weighted by Crippen LogP contribution is 2.46. The standard InChI is InChI=1S/C19H23NO2/c1-12-8-9-16(21)19-15(10-13(2)18(12)19)20-11-14-6-4-5-7-17(14)22-3/h4-9,13,15,20-21H,10-11H2,1-3H3. The number of methoxy groups -OCH3 is 1. The van der Waals surface area contributed by atoms with Crippen LogP contribution in [-0.2, 0) is 6.54 Å². The van der Waals surface area contributed by atoms with Gasteiger partial charge in [-0.1, -0.05) is 31.2 Å². The molecule has 2 aromatic carbocycles. The van der Waals surface area contributed by atoms with Crippen LogP contribution in [0.5, 0.6) is 11.5 Å². The van der Waals surface area contributed by atoms with Gasteiger partial charge in [0, 0.05) is 23.7 Å². The normalized spacial score (nSPS) is 20.0. The van der Waals surface area contributed by atoms with Gasteiger partial charge in [0.05, 0.1) is 7.11 Å². The lowest BCUT2D eigenvalue weighted by molar-refractivity contribution is 0.403. The van der Waals surface area contributed by atoms with Crippen molar-refractivity contribution in [2.45, 2.75) is 38.8 Å². The Kier molecular flexibility index (Phi) is 4.08. The van der Waals surface area contributed by atoms with Crippen LogP contribution < -0.4 is 10.1 Å². The van der Waals surface area contributed by atoms with E-state index in [4.69, 9.17) is 4.74 Å². The fraction of sp³-hybridized carbons (Fsp3) is 0.368. The number of aromatic hydroxyl groups is 1. The second-order valence-corrected chi connectivity index (χ2v) is 6.11. The Balaban J connectivity index is 1.83. The fourth-order valence-corrected chi connectivity index (χ4v) is 3.61. The van der Waals surface area contributed by atoms with E-state index in [-0.39, 0.29) is 6.04 Å². The largest absolute Gasteiger partial charge is 0.508 e. The van der Waals surface area contributed by atoms with Crippen molar-refractivity contribution >= 4 is 0 Å². The lowest BCUT2D eigenvalue weighted by atomic mass is 9.97. The topological polar surface area (TPSA) is 41.5 Å². The van der Waals surface area contributed by atoms with Gasteiger partial charge in [0.2, 0.25) is 0 Å². The Morgan fingerprint density at radius 2 is 1.95 bits per heavy atom. The maximum Gasteiger partial charge on any atom is 0.123 e. The molecule has 0 fully saturated rings. The molecule has 22 heavy (non-hydrogen) atoms. The molecule has 0 bridgehead atoms. The van der Waals surface area contributed by atoms with Crippen LogP contribution in [0.2, 0.25) is 0 Å². The van der Waals surface area contributed by atoms with Gasteiger partial charge in [0.15, 0.2) is 0 Å². The monoisotopic (exact) mass is 297 g/mol. The zero-order valence-electron chi connectivity index (χ0n) is 13.4. The first-order valence-electron chi connectivity index (χ1n) is 7.79. The number of ether oxygens (including phenoxy) is 1. The van der Waals surface area contributed by atoms with Gasteiger partial charge in [-0.15, -0.1) is 0 Å². The van der Waals surface area contributed by atoms with E-state index in [9.17, 15) is 5.11 Å². The van der Waals surface area contributed by atoms with Crippen LogP contribution in [-0.4, -0.2) is 12.2 Å². The van der Waals surface area contributed by atoms with E-state index in [0.717, 1.165) is 29.8 Å². The molecule has 0 aliphatic heterocycles. The second-order valence-electron chi connectivity index (χ2n) is 6.11. The van der Waals surface area contributed by atoms with Crippen molar-refractivity contribution in [3.63, 3.8) is 0 Å². The van der Waals surface area contributed by atoms with Crippen molar-refractivity contribution < 1.29 is 9.84 Å². The highest BCUT2D eigenvalue weighted by atomic mass is 16.5. The number of hydrogen-bond donors (Lipinski definition) is 2. The van der Waals surface area contributed by atoms with Crippen molar-refractivity contribution in [3.05, 3.63) is 58.7 Å². The predicted octanol–water partition coefficient (Wildman–Crippen LogP) is 4.05. The molecule has 3 heteroatoms. The van der Waals surface area contributed by atoms with Crippen molar-refractivity contribution in [1.29, 1.82) is 0 Å². The predicted molar refractivity (Wildman–Crippen MR) is 88.5 cm³/mol. The number of nitrogens with one attached hydrogen (secondary N) is 1. The van der Waals surface area contributed by atoms with E-state index in [1.807, 2.05) is 30.3 Å². The molecule has 2 unspecified atom stereocenters. The first-order valence-corrected chi connectivity index (χ1v) is 7.79. The Bertz CT molecular complexity index is 681. The fourth-order valence-electron chi connectivity index (χ4n) is 3.61. The maximum absolute atomic E-state index is 10.3. The molecular formula is C19H23NO2. The smallest absolute Gasteiger partial charge is 0.123 e. The van der Waals surface area contributed by atoms with Gasteiger partial charge in [-0.05, 0) is 42.5 Å². The minimum Gasteiger partial charge on any atom is -0.508 e. The first kappa shape index (κ1) is 14.9. The quantitative estimate of drug-likeness (QED) is 0.894. The molecule has 3 rings (SSSR count). The molecule has 2 aromatic rings. The van der Waals surface area contributed by atoms with E-state index in [1.54, 1.807) is 7.11 Å². The van der Waals surface area contributed by atoms with Crippen molar-refractivity contribution in [1.82, 2.24) is 5.32 Å². The summed E-state index contributed by atoms with van der Waals surface area (Å²) in [7, 11) is 1.70. The minimum absolute atomic E-state index is 0.190. The third-order valence-electron chi connectivity index (χ3n) is 4.64. The van der Waals surface area contributed by atoms with Crippen LogP contribution in [0.25, 0.3) is 0 Å². The Hall–Kier alpha value is -2.00. The molecule has 3 nitrogen and oxygen atoms in total. The number of rotatable bonds is 4. The Morgan fingerprint density at radius 1 is 1.18 bits per heavy atom. The van der Waals surface area contributed by atoms with Gasteiger partial charge >= 0.3 is 0 Å². The van der Waals surface area contributed by atoms with Crippen LogP contribution >= 0.6 is 0 Å². The first-order chi connectivity index (χ1) is 10.6. The number of aryl methyl sites for hydroxylation is 1. The summed E-state index contributed by atoms with van der Waals surface area (Å²) in [5, 5.41) is 13.9. The van der Waals surface area contributed by atoms with Crippen LogP contribution in [0.15, 0.2) is 36.4 Å². The van der Waals surface area contributed by atoms with Gasteiger partial charge in [0.25, 0.3) is 0 Å². The average Bonchev–Trinajstić information content (AvgIpc) is 2.87. The third kappa shape index (κ3) is 2.57. The molecule has 1 aliphatic rings. The highest BCUT2D eigenvalue weighted by Gasteiger charge is 2.31. The second kappa shape index (κ2) is 6.01. The SMILES string of the molecule is COc1ccccc1CNC1CC(C)c2c(C)ccc(O)c21. The summed E-state index contributed by atoms with van der Waals surface area (Å²) in [4.78, 5) is 0. The van der Waals surface area contributed by atoms with Crippen LogP contribution in [0, 0.1) is 6.92 Å². The van der Waals surface area contributed by atoms with Crippen LogP contribution in [0.1, 0.15) is 47.6 Å². The lowest BCUT2D eigenvalue weighted by Crippen LogP contribution is -2.19. The molecule has 0 saturated heterocycles. The van der Waals surface area contributed by atoms with Crippen molar-refractivity contribution in [3.8, 4) is 11.5 Å². The van der Waals surface area contributed by atoms with Gasteiger partial charge < -0.3 is 15.2 Å². The van der Waals surface area contributed by atoms with Crippen molar-refractivity contribution in [2.75, 3.05) is 7.11 Å². The molecule has 0 saturated carbocycles. The molecule has 0 heterocycles. The number of benzene rings is 2. The average molecular weight is 297 g/mol. The zero-order valence-corrected chi connectivity index (χ0v) is 13.4. The van der Waals surface area contributed by atoms with E-state index in [1.165, 1.54) is 11.1 Å². The van der Waals surface area contributed by atoms with Gasteiger partial charge in [-0.2, -0.15) is 0 Å². The molecule has 1 aliphatic carbocycles. The van der Waals surface area contributed by atoms with E-state index >= 15 is 0 Å². The summed E-state index contributed by atoms with van der Waals surface area (Å²) in [6.45, 7) is 5.08. The molecule has 0 aromatic heterocycles. The summed E-state index contributed by atoms with van der Waals surface area (Å²) < 4.78 is 5.40. The summed E-state index contributed by atoms with van der Waals surface area (Å²) in [5.74, 6) is 1.77. The zero-order chi connectivity index (χ0) is 15.7. The highest BCUT2D eigenvalue weighted by molar-refractivity contribution is 5.51. The number of para-hydroxylation sites is 1. The molecular weight excluding hydrogens is 274 g/mol. The Morgan fingerprint density at radius 3 is 2.73 bits per heavy atom. The molecule has 2 atom stereocenters. The lowest BCUT2D eigenvalue weighted by Gasteiger charge is -2.17. The Labute approximate surface area is 131 Å². The maximum atomic E-state index is 10.3. The van der Waals surface area contributed by atoms with E-state index < -0.39 is 0 Å². The van der Waals surface area contributed by atoms with E-state index in [0.29, 0.717) is 11.7 Å². The molecule has 116 valence electrons. The van der Waals surface area contributed by atoms with Crippen LogP contribution in [0.4, 0.5) is 0 Å². The number of fused-ring (bicyclic) bond motifs is 1. The number of hydrogen-bond acceptors (Lipinski definition) is 3. The van der Waals surface area contributed by atoms with Gasteiger partial charge in [0.1, 0.15) is 11.5 Å². The number of phenols is 1. The van der Waals surface area contributed by atoms with E-state index in [2.05, 4.69) is 25.2 Å². The summed E-state index contributed by atoms with van der Waals surface area (Å²) in [6, 6.07) is 12.0. The van der Waals surface area contributed by atoms with Crippen LogP contribution in [0.3, 0.4) is 0 Å². The van der Waals surface area contributed by atoms with Crippen molar-refractivity contribution in [2.24, 2.45) is 0 Å². The third-order valence-corrected chi connectivity index (χ3v) is 4.64. The molecule has 0 radical (unpaired) electrons. The van der Waals surface area contributed by atoms with Gasteiger partial charge in [-0.25, -0.2) is 0 Å². The molecule has 2 N–H and O–H groups in total. The molecule has 0 amide bonds. The summed E-state index contributed by atoms with van der Waals surface area (Å²) in [6.07, 6.45) is 1.02. The minimum atomic E-state index is 0.190. The van der Waals surface area contributed by atoms with Gasteiger partial charge in [-0.3, -0.25) is 0 Å². The number of phenolic OH excluding ortho intramolecular Hbond substituents is 1. The molecule has 0 spiro atoms. The summed E-state index contributed by atoms with van der Waals surface area (Å²) >= 11 is 0. The summed E-state index contributed by atoms with van der Waals surface area (Å²) in [5.41, 5.74) is 4.78.